The summed E-state index contributed by atoms with van der Waals surface area (Å²) in [5.41, 5.74) is 0.704. The minimum absolute atomic E-state index is 0.0203. The van der Waals surface area contributed by atoms with Crippen molar-refractivity contribution < 1.29 is 4.79 Å². The number of alkyl halides is 3. The molecule has 2 aliphatic heterocycles. The Hall–Kier alpha value is -0.700. The highest BCUT2D eigenvalue weighted by molar-refractivity contribution is 7.80. The first kappa shape index (κ1) is 26.4. The van der Waals surface area contributed by atoms with Gasteiger partial charge in [-0.2, -0.15) is 0 Å². The Kier molecular flexibility index (Phi) is 7.47. The maximum atomic E-state index is 13.0. The smallest absolute Gasteiger partial charge is 0.250 e. The second kappa shape index (κ2) is 9.64. The number of piperidine rings is 1. The Balaban J connectivity index is 1.45. The van der Waals surface area contributed by atoms with Gasteiger partial charge in [-0.15, -0.1) is 0 Å². The summed E-state index contributed by atoms with van der Waals surface area (Å²) >= 11 is 35.9. The van der Waals surface area contributed by atoms with Gasteiger partial charge in [-0.1, -0.05) is 77.9 Å². The molecule has 5 atom stereocenters. The molecular formula is C22H25Cl5N4O2S. The minimum atomic E-state index is -1.85. The van der Waals surface area contributed by atoms with Crippen LogP contribution in [0.1, 0.15) is 31.9 Å². The van der Waals surface area contributed by atoms with Gasteiger partial charge in [-0.05, 0) is 48.0 Å². The maximum Gasteiger partial charge on any atom is 0.250 e. The first-order valence-corrected chi connectivity index (χ1v) is 13.2. The lowest BCUT2D eigenvalue weighted by molar-refractivity contribution is -0.123. The van der Waals surface area contributed by atoms with Crippen molar-refractivity contribution >= 4 is 81.2 Å². The predicted molar refractivity (Wildman–Crippen MR) is 142 cm³/mol. The van der Waals surface area contributed by atoms with E-state index in [1.807, 2.05) is 29.4 Å². The van der Waals surface area contributed by atoms with Gasteiger partial charge in [-0.3, -0.25) is 9.59 Å². The summed E-state index contributed by atoms with van der Waals surface area (Å²) in [4.78, 5) is 27.3. The summed E-state index contributed by atoms with van der Waals surface area (Å²) in [6.07, 6.45) is 1.61. The molecule has 0 unspecified atom stereocenters. The summed E-state index contributed by atoms with van der Waals surface area (Å²) in [5.74, 6) is -0.329. The van der Waals surface area contributed by atoms with Crippen molar-refractivity contribution in [2.75, 3.05) is 13.1 Å². The quantitative estimate of drug-likeness (QED) is 0.308. The van der Waals surface area contributed by atoms with E-state index in [0.29, 0.717) is 24.7 Å². The van der Waals surface area contributed by atoms with E-state index in [9.17, 15) is 9.59 Å². The number of carbonyl (C=O) groups excluding carboxylic acids is 1. The van der Waals surface area contributed by atoms with Gasteiger partial charge in [0.25, 0.3) is 5.56 Å². The number of pyridine rings is 1. The Bertz CT molecular complexity index is 1080. The predicted octanol–water partition coefficient (Wildman–Crippen LogP) is 4.55. The Morgan fingerprint density at radius 1 is 1.21 bits per heavy atom. The monoisotopic (exact) mass is 584 g/mol. The molecule has 186 valence electrons. The van der Waals surface area contributed by atoms with Crippen LogP contribution in [0.5, 0.6) is 0 Å². The normalized spacial score (nSPS) is 27.8. The molecule has 1 saturated carbocycles. The molecule has 34 heavy (non-hydrogen) atoms. The average molecular weight is 587 g/mol. The SMILES string of the molecule is CC1(C)[C@H](C=C(Cl)Cl)[C@@H]1C(=O)N[C@H](NC(=S)N1C[C@@H]2C[C@@H](C1)c1cccc(=O)n1C2)C(Cl)(Cl)Cl. The maximum absolute atomic E-state index is 13.0. The van der Waals surface area contributed by atoms with Crippen LogP contribution in [0.15, 0.2) is 33.6 Å². The van der Waals surface area contributed by atoms with Crippen LogP contribution in [0.4, 0.5) is 0 Å². The fraction of sp³-hybridized carbons (Fsp3) is 0.591. The lowest BCUT2D eigenvalue weighted by atomic mass is 9.83. The molecule has 1 amide bonds. The van der Waals surface area contributed by atoms with Crippen molar-refractivity contribution in [2.45, 2.75) is 42.7 Å². The van der Waals surface area contributed by atoms with E-state index in [1.54, 1.807) is 18.2 Å². The van der Waals surface area contributed by atoms with E-state index in [1.165, 1.54) is 0 Å². The summed E-state index contributed by atoms with van der Waals surface area (Å²) in [6.45, 7) is 5.84. The summed E-state index contributed by atoms with van der Waals surface area (Å²) in [5, 5.41) is 6.22. The van der Waals surface area contributed by atoms with E-state index < -0.39 is 9.96 Å². The second-order valence-electron chi connectivity index (χ2n) is 9.82. The topological polar surface area (TPSA) is 66.4 Å². The van der Waals surface area contributed by atoms with Gasteiger partial charge in [0.05, 0.1) is 5.92 Å². The highest BCUT2D eigenvalue weighted by atomic mass is 35.6. The minimum Gasteiger partial charge on any atom is -0.348 e. The summed E-state index contributed by atoms with van der Waals surface area (Å²) in [6, 6.07) is 5.37. The Morgan fingerprint density at radius 2 is 1.91 bits per heavy atom. The van der Waals surface area contributed by atoms with Crippen LogP contribution in [0.2, 0.25) is 0 Å². The molecule has 0 spiro atoms. The lowest BCUT2D eigenvalue weighted by Gasteiger charge is -2.44. The fourth-order valence-electron chi connectivity index (χ4n) is 5.33. The molecular weight excluding hydrogens is 562 g/mol. The number of thiocarbonyl (C=S) groups is 1. The molecule has 1 saturated heterocycles. The molecule has 1 aliphatic carbocycles. The second-order valence-corrected chi connectivity index (χ2v) is 13.6. The molecule has 2 bridgehead atoms. The lowest BCUT2D eigenvalue weighted by Crippen LogP contribution is -2.60. The van der Waals surface area contributed by atoms with Crippen molar-refractivity contribution in [1.29, 1.82) is 0 Å². The fourth-order valence-corrected chi connectivity index (χ4v) is 6.20. The third-order valence-corrected chi connectivity index (χ3v) is 8.43. The first-order chi connectivity index (χ1) is 15.8. The Morgan fingerprint density at radius 3 is 2.56 bits per heavy atom. The molecule has 0 radical (unpaired) electrons. The van der Waals surface area contributed by atoms with Gasteiger partial charge in [0.1, 0.15) is 10.7 Å². The number of rotatable bonds is 4. The number of halogens is 5. The van der Waals surface area contributed by atoms with Gasteiger partial charge in [0.15, 0.2) is 5.11 Å². The van der Waals surface area contributed by atoms with E-state index in [-0.39, 0.29) is 45.0 Å². The molecule has 3 heterocycles. The van der Waals surface area contributed by atoms with E-state index in [4.69, 9.17) is 70.2 Å². The molecule has 12 heteroatoms. The van der Waals surface area contributed by atoms with Crippen LogP contribution in [0.3, 0.4) is 0 Å². The molecule has 2 fully saturated rings. The molecule has 6 nitrogen and oxygen atoms in total. The standard InChI is InChI=1S/C22H25Cl5N4O2S/c1-21(2)13(7-15(23)24)17(21)18(33)28-19(22(25,26)27)29-20(34)30-8-11-6-12(10-30)14-4-3-5-16(32)31(14)9-11/h3-5,7,11-13,17,19H,6,8-10H2,1-2H3,(H,28,33)(H,29,34)/t11-,12-,13+,17+,19+/m0/s1. The number of hydrogen-bond acceptors (Lipinski definition) is 3. The van der Waals surface area contributed by atoms with Crippen molar-refractivity contribution in [2.24, 2.45) is 23.2 Å². The highest BCUT2D eigenvalue weighted by Crippen LogP contribution is 2.59. The number of allylic oxidation sites excluding steroid dienone is 1. The molecule has 3 aliphatic rings. The largest absolute Gasteiger partial charge is 0.348 e. The molecule has 1 aromatic heterocycles. The van der Waals surface area contributed by atoms with Crippen molar-refractivity contribution in [1.82, 2.24) is 20.1 Å². The van der Waals surface area contributed by atoms with Gasteiger partial charge < -0.3 is 20.1 Å². The third kappa shape index (κ3) is 5.35. The average Bonchev–Trinajstić information content (AvgIpc) is 3.26. The van der Waals surface area contributed by atoms with Crippen LogP contribution in [-0.2, 0) is 11.3 Å². The van der Waals surface area contributed by atoms with Crippen LogP contribution in [0, 0.1) is 23.2 Å². The number of aromatic nitrogens is 1. The zero-order valence-corrected chi connectivity index (χ0v) is 23.1. The number of fused-ring (bicyclic) bond motifs is 4. The molecule has 1 aromatic rings. The van der Waals surface area contributed by atoms with Crippen molar-refractivity contribution in [3.05, 3.63) is 44.8 Å². The van der Waals surface area contributed by atoms with Gasteiger partial charge in [-0.25, -0.2) is 0 Å². The third-order valence-electron chi connectivity index (χ3n) is 7.15. The number of nitrogens with one attached hydrogen (secondary N) is 2. The first-order valence-electron chi connectivity index (χ1n) is 10.9. The number of likely N-dealkylation sites (tertiary alicyclic amines) is 1. The summed E-state index contributed by atoms with van der Waals surface area (Å²) < 4.78 is 0.122. The zero-order chi connectivity index (χ0) is 25.0. The number of carbonyl (C=O) groups is 1. The van der Waals surface area contributed by atoms with Crippen LogP contribution in [-0.4, -0.2) is 43.5 Å². The van der Waals surface area contributed by atoms with Crippen molar-refractivity contribution in [3.8, 4) is 0 Å². The van der Waals surface area contributed by atoms with Crippen LogP contribution < -0.4 is 16.2 Å². The van der Waals surface area contributed by atoms with E-state index in [0.717, 1.165) is 12.1 Å². The van der Waals surface area contributed by atoms with Gasteiger partial charge >= 0.3 is 0 Å². The zero-order valence-electron chi connectivity index (χ0n) is 18.5. The van der Waals surface area contributed by atoms with Crippen LogP contribution in [0.25, 0.3) is 0 Å². The molecule has 2 N–H and O–H groups in total. The summed E-state index contributed by atoms with van der Waals surface area (Å²) in [7, 11) is 0. The molecule has 0 aromatic carbocycles. The number of nitrogens with zero attached hydrogens (tertiary/aromatic N) is 2. The van der Waals surface area contributed by atoms with Crippen LogP contribution >= 0.6 is 70.2 Å². The van der Waals surface area contributed by atoms with E-state index in [2.05, 4.69) is 10.6 Å². The van der Waals surface area contributed by atoms with Gasteiger partial charge in [0.2, 0.25) is 9.70 Å². The Labute approximate surface area is 228 Å². The number of hydrogen-bond donors (Lipinski definition) is 2. The molecule has 4 rings (SSSR count). The van der Waals surface area contributed by atoms with Gasteiger partial charge in [0, 0.05) is 37.3 Å². The van der Waals surface area contributed by atoms with E-state index >= 15 is 0 Å². The highest BCUT2D eigenvalue weighted by Gasteiger charge is 2.61. The number of amides is 1. The van der Waals surface area contributed by atoms with Crippen molar-refractivity contribution in [3.63, 3.8) is 0 Å².